The van der Waals surface area contributed by atoms with Crippen LogP contribution in [-0.2, 0) is 23.8 Å². The van der Waals surface area contributed by atoms with E-state index in [-0.39, 0.29) is 51.0 Å². The lowest BCUT2D eigenvalue weighted by atomic mass is 9.98. The molecular weight excluding hydrogens is 716 g/mol. The zero-order chi connectivity index (χ0) is 39.8. The number of ether oxygens (including phenoxy) is 3. The number of carboxylic acid groups (broad SMARTS) is 1. The quantitative estimate of drug-likeness (QED) is 0.0921. The van der Waals surface area contributed by atoms with Crippen LogP contribution in [0.25, 0.3) is 22.3 Å². The minimum atomic E-state index is -1.38. The van der Waals surface area contributed by atoms with Gasteiger partial charge in [0, 0.05) is 24.9 Å². The first-order valence-electron chi connectivity index (χ1n) is 18.6. The summed E-state index contributed by atoms with van der Waals surface area (Å²) in [7, 11) is 0. The van der Waals surface area contributed by atoms with Gasteiger partial charge in [-0.3, -0.25) is 4.79 Å². The van der Waals surface area contributed by atoms with Crippen LogP contribution in [0.2, 0.25) is 0 Å². The van der Waals surface area contributed by atoms with E-state index >= 15 is 0 Å². The van der Waals surface area contributed by atoms with Gasteiger partial charge in [-0.2, -0.15) is 0 Å². The van der Waals surface area contributed by atoms with Gasteiger partial charge in [-0.25, -0.2) is 19.2 Å². The highest BCUT2D eigenvalue weighted by molar-refractivity contribution is 5.86. The second-order valence-electron chi connectivity index (χ2n) is 14.7. The topological polar surface area (TPSA) is 181 Å². The minimum Gasteiger partial charge on any atom is -0.480 e. The molecule has 6 rings (SSSR count). The molecule has 13 heteroatoms. The number of nitrogens with one attached hydrogen (secondary N) is 4. The van der Waals surface area contributed by atoms with Crippen molar-refractivity contribution in [2.75, 3.05) is 26.3 Å². The van der Waals surface area contributed by atoms with Crippen LogP contribution in [0.5, 0.6) is 0 Å². The van der Waals surface area contributed by atoms with E-state index in [4.69, 9.17) is 14.2 Å². The number of rotatable bonds is 14. The Hall–Kier alpha value is -6.37. The molecule has 5 N–H and O–H groups in total. The Morgan fingerprint density at radius 2 is 0.946 bits per heavy atom. The molecular formula is C43H46N4O9. The largest absolute Gasteiger partial charge is 0.480 e. The maximum absolute atomic E-state index is 13.4. The first-order valence-corrected chi connectivity index (χ1v) is 18.6. The molecule has 0 unspecified atom stereocenters. The lowest BCUT2D eigenvalue weighted by molar-refractivity contribution is -0.139. The van der Waals surface area contributed by atoms with Crippen molar-refractivity contribution < 1.29 is 43.3 Å². The van der Waals surface area contributed by atoms with Gasteiger partial charge in [-0.1, -0.05) is 97.1 Å². The van der Waals surface area contributed by atoms with Gasteiger partial charge in [0.25, 0.3) is 0 Å². The van der Waals surface area contributed by atoms with Crippen LogP contribution in [0.1, 0.15) is 67.7 Å². The number of carboxylic acids is 1. The van der Waals surface area contributed by atoms with Crippen molar-refractivity contribution in [1.29, 1.82) is 0 Å². The highest BCUT2D eigenvalue weighted by Gasteiger charge is 2.32. The van der Waals surface area contributed by atoms with E-state index in [1.54, 1.807) is 20.8 Å². The molecule has 0 aliphatic heterocycles. The number of hydrogen-bond acceptors (Lipinski definition) is 8. The smallest absolute Gasteiger partial charge is 0.407 e. The molecule has 4 aromatic rings. The molecule has 0 saturated heterocycles. The van der Waals surface area contributed by atoms with Gasteiger partial charge in [-0.15, -0.1) is 0 Å². The molecule has 13 nitrogen and oxygen atoms in total. The number of hydrogen-bond donors (Lipinski definition) is 5. The highest BCUT2D eigenvalue weighted by atomic mass is 16.6. The van der Waals surface area contributed by atoms with Gasteiger partial charge < -0.3 is 40.6 Å². The van der Waals surface area contributed by atoms with E-state index in [0.717, 1.165) is 44.5 Å². The first-order chi connectivity index (χ1) is 26.9. The molecule has 4 amide bonds. The van der Waals surface area contributed by atoms with Crippen LogP contribution in [0.3, 0.4) is 0 Å². The average Bonchev–Trinajstić information content (AvgIpc) is 3.67. The van der Waals surface area contributed by atoms with Crippen LogP contribution in [0.15, 0.2) is 97.1 Å². The second-order valence-corrected chi connectivity index (χ2v) is 14.7. The Balaban J connectivity index is 1.03. The third-order valence-corrected chi connectivity index (χ3v) is 9.72. The van der Waals surface area contributed by atoms with E-state index in [0.29, 0.717) is 0 Å². The van der Waals surface area contributed by atoms with Gasteiger partial charge >= 0.3 is 24.2 Å². The fourth-order valence-corrected chi connectivity index (χ4v) is 7.19. The summed E-state index contributed by atoms with van der Waals surface area (Å²) in [4.78, 5) is 63.8. The van der Waals surface area contributed by atoms with Crippen molar-refractivity contribution in [2.24, 2.45) is 0 Å². The van der Waals surface area contributed by atoms with Gasteiger partial charge in [0.05, 0.1) is 0 Å². The predicted molar refractivity (Wildman–Crippen MR) is 208 cm³/mol. The molecule has 292 valence electrons. The second kappa shape index (κ2) is 17.4. The number of amides is 4. The molecule has 0 bridgehead atoms. The highest BCUT2D eigenvalue weighted by Crippen LogP contribution is 2.45. The van der Waals surface area contributed by atoms with Crippen molar-refractivity contribution in [2.45, 2.75) is 63.1 Å². The molecule has 2 atom stereocenters. The summed E-state index contributed by atoms with van der Waals surface area (Å²) in [6, 6.07) is 29.0. The van der Waals surface area contributed by atoms with Crippen LogP contribution < -0.4 is 21.3 Å². The van der Waals surface area contributed by atoms with Crippen molar-refractivity contribution in [1.82, 2.24) is 21.3 Å². The van der Waals surface area contributed by atoms with E-state index in [2.05, 4.69) is 21.3 Å². The van der Waals surface area contributed by atoms with Crippen molar-refractivity contribution in [3.8, 4) is 22.3 Å². The number of fused-ring (bicyclic) bond motifs is 6. The molecule has 0 heterocycles. The summed E-state index contributed by atoms with van der Waals surface area (Å²) >= 11 is 0. The van der Waals surface area contributed by atoms with E-state index in [1.165, 1.54) is 0 Å². The number of aliphatic carboxylic acids is 1. The Labute approximate surface area is 325 Å². The number of benzene rings is 4. The summed E-state index contributed by atoms with van der Waals surface area (Å²) in [6.07, 6.45) is -2.66. The molecule has 0 aromatic heterocycles. The Kier molecular flexibility index (Phi) is 12.2. The number of carbonyl (C=O) groups excluding carboxylic acids is 4. The third kappa shape index (κ3) is 9.46. The molecule has 4 aromatic carbocycles. The van der Waals surface area contributed by atoms with Crippen molar-refractivity contribution in [3.05, 3.63) is 119 Å². The summed E-state index contributed by atoms with van der Waals surface area (Å²) in [5.41, 5.74) is 7.59. The molecule has 0 radical (unpaired) electrons. The average molecular weight is 763 g/mol. The van der Waals surface area contributed by atoms with Crippen molar-refractivity contribution in [3.63, 3.8) is 0 Å². The minimum absolute atomic E-state index is 0.00346. The molecule has 0 saturated carbocycles. The summed E-state index contributed by atoms with van der Waals surface area (Å²) in [5, 5.41) is 20.1. The van der Waals surface area contributed by atoms with E-state index in [1.807, 2.05) is 97.1 Å². The van der Waals surface area contributed by atoms with Gasteiger partial charge in [0.2, 0.25) is 5.91 Å². The van der Waals surface area contributed by atoms with E-state index < -0.39 is 47.8 Å². The van der Waals surface area contributed by atoms with Crippen LogP contribution in [0.4, 0.5) is 14.4 Å². The molecule has 2 aliphatic carbocycles. The normalized spacial score (nSPS) is 13.8. The fraction of sp³-hybridized carbons (Fsp3) is 0.326. The van der Waals surface area contributed by atoms with Crippen molar-refractivity contribution >= 4 is 30.2 Å². The molecule has 2 aliphatic rings. The SMILES string of the molecule is CC(C)(C)OC(=O)NCC[C@H](NC(=O)OCC1c2ccccc2-c2ccccc21)C(=O)NCC[C@H](NC(=O)OCC1c2ccccc2-c2ccccc21)C(=O)O. The standard InChI is InChI=1S/C43H46N4O9/c1-43(2,3)56-40(51)45-23-20-36(46-41(52)54-24-34-30-16-8-4-12-26(30)27-13-5-9-17-31(27)34)38(48)44-22-21-37(39(49)50)47-42(53)55-25-35-32-18-10-6-14-28(32)29-15-7-11-19-33(29)35/h4-19,34-37H,20-25H2,1-3H3,(H,44,48)(H,45,51)(H,46,52)(H,47,53)(H,49,50)/t36-,37-/m0/s1. The lowest BCUT2D eigenvalue weighted by Crippen LogP contribution is -2.50. The Morgan fingerprint density at radius 3 is 1.36 bits per heavy atom. The zero-order valence-corrected chi connectivity index (χ0v) is 31.5. The number of carbonyl (C=O) groups is 5. The monoisotopic (exact) mass is 762 g/mol. The van der Waals surface area contributed by atoms with Crippen LogP contribution in [-0.4, -0.2) is 79.3 Å². The van der Waals surface area contributed by atoms with Gasteiger partial charge in [-0.05, 0) is 78.1 Å². The lowest BCUT2D eigenvalue weighted by Gasteiger charge is -2.22. The zero-order valence-electron chi connectivity index (χ0n) is 31.5. The molecule has 0 fully saturated rings. The van der Waals surface area contributed by atoms with E-state index in [9.17, 15) is 29.1 Å². The van der Waals surface area contributed by atoms with Crippen LogP contribution in [0, 0.1) is 0 Å². The summed E-state index contributed by atoms with van der Waals surface area (Å²) < 4.78 is 16.4. The van der Waals surface area contributed by atoms with Gasteiger partial charge in [0.15, 0.2) is 0 Å². The maximum atomic E-state index is 13.4. The molecule has 0 spiro atoms. The molecule has 56 heavy (non-hydrogen) atoms. The number of alkyl carbamates (subject to hydrolysis) is 3. The maximum Gasteiger partial charge on any atom is 0.407 e. The Bertz CT molecular complexity index is 2000. The fourth-order valence-electron chi connectivity index (χ4n) is 7.19. The first kappa shape index (κ1) is 39.3. The summed E-state index contributed by atoms with van der Waals surface area (Å²) in [6.45, 7) is 4.98. The predicted octanol–water partition coefficient (Wildman–Crippen LogP) is 6.31. The summed E-state index contributed by atoms with van der Waals surface area (Å²) in [5.74, 6) is -2.37. The van der Waals surface area contributed by atoms with Crippen LogP contribution >= 0.6 is 0 Å². The Morgan fingerprint density at radius 1 is 0.571 bits per heavy atom. The van der Waals surface area contributed by atoms with Gasteiger partial charge in [0.1, 0.15) is 30.9 Å². The third-order valence-electron chi connectivity index (χ3n) is 9.72.